The molecule has 0 bridgehead atoms. The second-order valence-electron chi connectivity index (χ2n) is 4.51. The largest absolute Gasteiger partial charge is 0.371 e. The number of aldehydes is 1. The molecule has 0 radical (unpaired) electrons. The summed E-state index contributed by atoms with van der Waals surface area (Å²) >= 11 is 5.88. The number of benzene rings is 1. The van der Waals surface area contributed by atoms with Gasteiger partial charge in [-0.15, -0.1) is 0 Å². The molecule has 0 amide bonds. The van der Waals surface area contributed by atoms with Crippen LogP contribution in [0.15, 0.2) is 18.2 Å². The van der Waals surface area contributed by atoms with Crippen LogP contribution in [0.25, 0.3) is 0 Å². The molecule has 1 aromatic rings. The molecule has 0 heterocycles. The monoisotopic (exact) mass is 237 g/mol. The molecular weight excluding hydrogens is 222 g/mol. The van der Waals surface area contributed by atoms with Gasteiger partial charge in [0.2, 0.25) is 0 Å². The van der Waals surface area contributed by atoms with E-state index in [1.807, 2.05) is 19.2 Å². The van der Waals surface area contributed by atoms with Crippen molar-refractivity contribution in [2.45, 2.75) is 25.8 Å². The van der Waals surface area contributed by atoms with Crippen molar-refractivity contribution < 1.29 is 4.79 Å². The fraction of sp³-hybridized carbons (Fsp3) is 0.462. The van der Waals surface area contributed by atoms with E-state index in [-0.39, 0.29) is 0 Å². The number of carbonyl (C=O) groups excluding carboxylic acids is 1. The third-order valence-corrected chi connectivity index (χ3v) is 3.65. The number of nitrogens with zero attached hydrogens (tertiary/aromatic N) is 1. The summed E-state index contributed by atoms with van der Waals surface area (Å²) in [4.78, 5) is 13.2. The molecule has 1 fully saturated rings. The predicted octanol–water partition coefficient (Wildman–Crippen LogP) is 3.39. The van der Waals surface area contributed by atoms with E-state index in [4.69, 9.17) is 11.6 Å². The number of rotatable bonds is 4. The van der Waals surface area contributed by atoms with E-state index >= 15 is 0 Å². The fourth-order valence-corrected chi connectivity index (χ4v) is 2.24. The lowest BCUT2D eigenvalue weighted by Gasteiger charge is -2.28. The van der Waals surface area contributed by atoms with Crippen LogP contribution >= 0.6 is 11.6 Å². The van der Waals surface area contributed by atoms with Crippen LogP contribution in [0, 0.1) is 5.92 Å². The van der Waals surface area contributed by atoms with Gasteiger partial charge in [-0.05, 0) is 43.9 Å². The first-order valence-electron chi connectivity index (χ1n) is 5.61. The van der Waals surface area contributed by atoms with Gasteiger partial charge < -0.3 is 4.90 Å². The molecule has 0 aliphatic heterocycles. The van der Waals surface area contributed by atoms with Crippen molar-refractivity contribution in [2.75, 3.05) is 11.9 Å². The summed E-state index contributed by atoms with van der Waals surface area (Å²) in [6.07, 6.45) is 3.47. The molecule has 0 spiro atoms. The van der Waals surface area contributed by atoms with Gasteiger partial charge in [-0.2, -0.15) is 0 Å². The molecule has 0 saturated heterocycles. The van der Waals surface area contributed by atoms with E-state index in [1.165, 1.54) is 12.8 Å². The highest BCUT2D eigenvalue weighted by molar-refractivity contribution is 6.31. The van der Waals surface area contributed by atoms with Crippen molar-refractivity contribution in [1.82, 2.24) is 0 Å². The number of carbonyl (C=O) groups is 1. The quantitative estimate of drug-likeness (QED) is 0.749. The number of hydrogen-bond donors (Lipinski definition) is 0. The Balaban J connectivity index is 2.27. The minimum atomic E-state index is 0.486. The summed E-state index contributed by atoms with van der Waals surface area (Å²) in [6.45, 7) is 2.21. The van der Waals surface area contributed by atoms with Crippen molar-refractivity contribution in [1.29, 1.82) is 0 Å². The smallest absolute Gasteiger partial charge is 0.152 e. The zero-order valence-corrected chi connectivity index (χ0v) is 10.4. The first-order valence-corrected chi connectivity index (χ1v) is 5.99. The Hall–Kier alpha value is -1.02. The third kappa shape index (κ3) is 2.22. The summed E-state index contributed by atoms with van der Waals surface area (Å²) < 4.78 is 0. The fourth-order valence-electron chi connectivity index (χ4n) is 2.06. The van der Waals surface area contributed by atoms with Gasteiger partial charge in [0.05, 0.1) is 0 Å². The Morgan fingerprint density at radius 2 is 2.19 bits per heavy atom. The molecular formula is C13H16ClNO. The topological polar surface area (TPSA) is 20.3 Å². The maximum Gasteiger partial charge on any atom is 0.152 e. The first kappa shape index (κ1) is 11.5. The molecule has 1 atom stereocenters. The predicted molar refractivity (Wildman–Crippen MR) is 67.4 cm³/mol. The summed E-state index contributed by atoms with van der Waals surface area (Å²) in [7, 11) is 2.04. The molecule has 1 aliphatic rings. The summed E-state index contributed by atoms with van der Waals surface area (Å²) in [6, 6.07) is 5.96. The zero-order chi connectivity index (χ0) is 11.7. The van der Waals surface area contributed by atoms with Gasteiger partial charge in [-0.25, -0.2) is 0 Å². The number of hydrogen-bond acceptors (Lipinski definition) is 2. The van der Waals surface area contributed by atoms with Gasteiger partial charge in [-0.1, -0.05) is 11.6 Å². The molecule has 0 aromatic heterocycles. The standard InChI is InChI=1S/C13H16ClNO/c1-9(10-3-4-10)15(2)13-6-5-12(14)7-11(13)8-16/h5-10H,3-4H2,1-2H3. The molecule has 1 aromatic carbocycles. The van der Waals surface area contributed by atoms with Crippen LogP contribution in [0.5, 0.6) is 0 Å². The van der Waals surface area contributed by atoms with Crippen LogP contribution in [0.2, 0.25) is 5.02 Å². The van der Waals surface area contributed by atoms with Gasteiger partial charge in [0, 0.05) is 29.4 Å². The van der Waals surface area contributed by atoms with Gasteiger partial charge in [-0.3, -0.25) is 4.79 Å². The Morgan fingerprint density at radius 3 is 2.75 bits per heavy atom. The lowest BCUT2D eigenvalue weighted by Crippen LogP contribution is -2.31. The van der Waals surface area contributed by atoms with E-state index in [0.29, 0.717) is 16.6 Å². The molecule has 1 saturated carbocycles. The van der Waals surface area contributed by atoms with Crippen LogP contribution in [0.3, 0.4) is 0 Å². The molecule has 2 nitrogen and oxygen atoms in total. The molecule has 1 unspecified atom stereocenters. The SMILES string of the molecule is CC(C1CC1)N(C)c1ccc(Cl)cc1C=O. The normalized spacial score (nSPS) is 16.9. The number of halogens is 1. The average molecular weight is 238 g/mol. The third-order valence-electron chi connectivity index (χ3n) is 3.41. The van der Waals surface area contributed by atoms with Crippen molar-refractivity contribution in [2.24, 2.45) is 5.92 Å². The second-order valence-corrected chi connectivity index (χ2v) is 4.95. The molecule has 1 aliphatic carbocycles. The van der Waals surface area contributed by atoms with E-state index in [2.05, 4.69) is 11.8 Å². The molecule has 16 heavy (non-hydrogen) atoms. The maximum atomic E-state index is 11.0. The van der Waals surface area contributed by atoms with E-state index in [0.717, 1.165) is 17.9 Å². The van der Waals surface area contributed by atoms with Crippen LogP contribution in [-0.2, 0) is 0 Å². The van der Waals surface area contributed by atoms with Crippen LogP contribution < -0.4 is 4.90 Å². The maximum absolute atomic E-state index is 11.0. The Morgan fingerprint density at radius 1 is 1.50 bits per heavy atom. The summed E-state index contributed by atoms with van der Waals surface area (Å²) in [5.41, 5.74) is 1.64. The molecule has 86 valence electrons. The Kier molecular flexibility index (Phi) is 3.20. The van der Waals surface area contributed by atoms with Gasteiger partial charge in [0.15, 0.2) is 6.29 Å². The van der Waals surface area contributed by atoms with E-state index in [9.17, 15) is 4.79 Å². The van der Waals surface area contributed by atoms with E-state index < -0.39 is 0 Å². The van der Waals surface area contributed by atoms with E-state index in [1.54, 1.807) is 6.07 Å². The zero-order valence-electron chi connectivity index (χ0n) is 9.61. The minimum Gasteiger partial charge on any atom is -0.371 e. The average Bonchev–Trinajstić information content (AvgIpc) is 3.10. The highest BCUT2D eigenvalue weighted by atomic mass is 35.5. The summed E-state index contributed by atoms with van der Waals surface area (Å²) in [5, 5.41) is 0.610. The van der Waals surface area contributed by atoms with Gasteiger partial charge >= 0.3 is 0 Å². The summed E-state index contributed by atoms with van der Waals surface area (Å²) in [5.74, 6) is 0.778. The van der Waals surface area contributed by atoms with Crippen molar-refractivity contribution in [3.8, 4) is 0 Å². The van der Waals surface area contributed by atoms with Crippen molar-refractivity contribution >= 4 is 23.6 Å². The van der Waals surface area contributed by atoms with Gasteiger partial charge in [0.25, 0.3) is 0 Å². The lowest BCUT2D eigenvalue weighted by molar-refractivity contribution is 0.112. The molecule has 3 heteroatoms. The van der Waals surface area contributed by atoms with Crippen LogP contribution in [0.1, 0.15) is 30.1 Å². The van der Waals surface area contributed by atoms with Crippen molar-refractivity contribution in [3.05, 3.63) is 28.8 Å². The highest BCUT2D eigenvalue weighted by Gasteiger charge is 2.31. The van der Waals surface area contributed by atoms with Crippen molar-refractivity contribution in [3.63, 3.8) is 0 Å². The lowest BCUT2D eigenvalue weighted by atomic mass is 10.1. The van der Waals surface area contributed by atoms with Crippen LogP contribution in [-0.4, -0.2) is 19.4 Å². The Bertz CT molecular complexity index is 401. The Labute approximate surface area is 101 Å². The van der Waals surface area contributed by atoms with Crippen LogP contribution in [0.4, 0.5) is 5.69 Å². The molecule has 0 N–H and O–H groups in total. The number of anilines is 1. The minimum absolute atomic E-state index is 0.486. The van der Waals surface area contributed by atoms with Gasteiger partial charge in [0.1, 0.15) is 0 Å². The highest BCUT2D eigenvalue weighted by Crippen LogP contribution is 2.37. The molecule has 2 rings (SSSR count). The first-order chi connectivity index (χ1) is 7.63. The second kappa shape index (κ2) is 4.46.